The van der Waals surface area contributed by atoms with Gasteiger partial charge in [-0.2, -0.15) is 0 Å². The fourth-order valence-corrected chi connectivity index (χ4v) is 3.15. The summed E-state index contributed by atoms with van der Waals surface area (Å²) in [5.41, 5.74) is 1.26. The summed E-state index contributed by atoms with van der Waals surface area (Å²) in [7, 11) is -3.54. The first kappa shape index (κ1) is 15.3. The Morgan fingerprint density at radius 3 is 2.10 bits per heavy atom. The van der Waals surface area contributed by atoms with Crippen molar-refractivity contribution >= 4 is 21.4 Å². The molecule has 2 aromatic carbocycles. The first-order valence-electron chi connectivity index (χ1n) is 6.60. The normalized spacial score (nSPS) is 12.6. The maximum atomic E-state index is 12.3. The number of para-hydroxylation sites is 1. The van der Waals surface area contributed by atoms with E-state index in [9.17, 15) is 13.2 Å². The number of nitrogens with one attached hydrogen (secondary N) is 1. The molecule has 0 aliphatic heterocycles. The average Bonchev–Trinajstić information content (AvgIpc) is 2.48. The molecule has 0 aliphatic rings. The van der Waals surface area contributed by atoms with Crippen molar-refractivity contribution in [2.24, 2.45) is 0 Å². The Labute approximate surface area is 124 Å². The molecule has 2 aromatic rings. The maximum absolute atomic E-state index is 12.3. The van der Waals surface area contributed by atoms with Gasteiger partial charge in [0.25, 0.3) is 0 Å². The molecule has 0 heterocycles. The van der Waals surface area contributed by atoms with Gasteiger partial charge < -0.3 is 5.32 Å². The zero-order valence-electron chi connectivity index (χ0n) is 11.7. The molecule has 0 bridgehead atoms. The van der Waals surface area contributed by atoms with Crippen molar-refractivity contribution in [1.82, 2.24) is 0 Å². The van der Waals surface area contributed by atoms with E-state index in [1.165, 1.54) is 6.92 Å². The van der Waals surface area contributed by atoms with Gasteiger partial charge in [-0.3, -0.25) is 4.79 Å². The van der Waals surface area contributed by atoms with Crippen LogP contribution in [0.5, 0.6) is 0 Å². The van der Waals surface area contributed by atoms with Crippen molar-refractivity contribution in [3.8, 4) is 0 Å². The summed E-state index contributed by atoms with van der Waals surface area (Å²) in [6.45, 7) is 1.41. The molecule has 0 fully saturated rings. The zero-order valence-corrected chi connectivity index (χ0v) is 12.5. The van der Waals surface area contributed by atoms with Crippen molar-refractivity contribution < 1.29 is 13.2 Å². The van der Waals surface area contributed by atoms with Gasteiger partial charge in [-0.1, -0.05) is 48.5 Å². The number of amides is 1. The van der Waals surface area contributed by atoms with Gasteiger partial charge in [-0.25, -0.2) is 8.42 Å². The second-order valence-corrected chi connectivity index (χ2v) is 7.11. The van der Waals surface area contributed by atoms with Gasteiger partial charge in [-0.05, 0) is 24.6 Å². The number of hydrogen-bond acceptors (Lipinski definition) is 3. The van der Waals surface area contributed by atoms with Gasteiger partial charge in [0.2, 0.25) is 5.91 Å². The quantitative estimate of drug-likeness (QED) is 0.923. The molecule has 21 heavy (non-hydrogen) atoms. The Bertz CT molecular complexity index is 697. The molecule has 110 valence electrons. The van der Waals surface area contributed by atoms with E-state index in [2.05, 4.69) is 5.32 Å². The SMILES string of the molecule is C[C@H](C(=O)Nc1ccccc1)S(=O)(=O)Cc1ccccc1. The van der Waals surface area contributed by atoms with E-state index >= 15 is 0 Å². The molecule has 0 saturated carbocycles. The Morgan fingerprint density at radius 1 is 1.00 bits per heavy atom. The average molecular weight is 303 g/mol. The van der Waals surface area contributed by atoms with E-state index in [1.54, 1.807) is 48.5 Å². The molecule has 0 radical (unpaired) electrons. The van der Waals surface area contributed by atoms with Gasteiger partial charge in [0.15, 0.2) is 9.84 Å². The van der Waals surface area contributed by atoms with Crippen LogP contribution in [-0.2, 0) is 20.4 Å². The number of carbonyl (C=O) groups excluding carboxylic acids is 1. The van der Waals surface area contributed by atoms with Crippen LogP contribution in [0.25, 0.3) is 0 Å². The monoisotopic (exact) mass is 303 g/mol. The first-order valence-corrected chi connectivity index (χ1v) is 8.32. The number of sulfone groups is 1. The lowest BCUT2D eigenvalue weighted by molar-refractivity contribution is -0.115. The van der Waals surface area contributed by atoms with Gasteiger partial charge in [-0.15, -0.1) is 0 Å². The molecule has 4 nitrogen and oxygen atoms in total. The van der Waals surface area contributed by atoms with Crippen molar-refractivity contribution in [2.45, 2.75) is 17.9 Å². The Morgan fingerprint density at radius 2 is 1.52 bits per heavy atom. The van der Waals surface area contributed by atoms with Crippen LogP contribution in [0.15, 0.2) is 60.7 Å². The fraction of sp³-hybridized carbons (Fsp3) is 0.188. The third-order valence-electron chi connectivity index (χ3n) is 3.16. The Hall–Kier alpha value is -2.14. The largest absolute Gasteiger partial charge is 0.325 e. The zero-order chi connectivity index (χ0) is 15.3. The first-order chi connectivity index (χ1) is 9.99. The standard InChI is InChI=1S/C16H17NO3S/c1-13(16(18)17-15-10-6-3-7-11-15)21(19,20)12-14-8-4-2-5-9-14/h2-11,13H,12H2,1H3,(H,17,18)/t13-/m1/s1. The van der Waals surface area contributed by atoms with Crippen LogP contribution >= 0.6 is 0 Å². The van der Waals surface area contributed by atoms with Crippen LogP contribution in [-0.4, -0.2) is 19.6 Å². The molecular formula is C16H17NO3S. The molecule has 0 saturated heterocycles. The summed E-state index contributed by atoms with van der Waals surface area (Å²) in [4.78, 5) is 12.1. The van der Waals surface area contributed by atoms with E-state index in [4.69, 9.17) is 0 Å². The maximum Gasteiger partial charge on any atom is 0.242 e. The summed E-state index contributed by atoms with van der Waals surface area (Å²) in [5.74, 6) is -0.658. The highest BCUT2D eigenvalue weighted by molar-refractivity contribution is 7.92. The molecule has 0 aromatic heterocycles. The number of carbonyl (C=O) groups is 1. The number of rotatable bonds is 5. The molecule has 0 aliphatic carbocycles. The molecular weight excluding hydrogens is 286 g/mol. The van der Waals surface area contributed by atoms with Gasteiger partial charge in [0, 0.05) is 5.69 Å². The summed E-state index contributed by atoms with van der Waals surface area (Å²) in [6.07, 6.45) is 0. The predicted molar refractivity (Wildman–Crippen MR) is 83.6 cm³/mol. The van der Waals surface area contributed by atoms with Crippen molar-refractivity contribution in [1.29, 1.82) is 0 Å². The molecule has 0 spiro atoms. The third-order valence-corrected chi connectivity index (χ3v) is 5.19. The fourth-order valence-electron chi connectivity index (χ4n) is 1.86. The van der Waals surface area contributed by atoms with E-state index in [1.807, 2.05) is 12.1 Å². The Balaban J connectivity index is 2.07. The van der Waals surface area contributed by atoms with Crippen LogP contribution in [0.4, 0.5) is 5.69 Å². The van der Waals surface area contributed by atoms with E-state index in [0.717, 1.165) is 0 Å². The van der Waals surface area contributed by atoms with Crippen LogP contribution in [0.3, 0.4) is 0 Å². The highest BCUT2D eigenvalue weighted by Crippen LogP contribution is 2.13. The summed E-state index contributed by atoms with van der Waals surface area (Å²) >= 11 is 0. The van der Waals surface area contributed by atoms with Gasteiger partial charge in [0.05, 0.1) is 5.75 Å². The number of benzene rings is 2. The summed E-state index contributed by atoms with van der Waals surface area (Å²) in [6, 6.07) is 17.7. The smallest absolute Gasteiger partial charge is 0.242 e. The van der Waals surface area contributed by atoms with Crippen LogP contribution in [0, 0.1) is 0 Å². The van der Waals surface area contributed by atoms with Gasteiger partial charge in [0.1, 0.15) is 5.25 Å². The molecule has 2 rings (SSSR count). The second kappa shape index (κ2) is 6.54. The van der Waals surface area contributed by atoms with E-state index in [-0.39, 0.29) is 5.75 Å². The Kier molecular flexibility index (Phi) is 4.75. The third kappa shape index (κ3) is 4.16. The minimum Gasteiger partial charge on any atom is -0.325 e. The van der Waals surface area contributed by atoms with Crippen LogP contribution < -0.4 is 5.32 Å². The summed E-state index contributed by atoms with van der Waals surface area (Å²) < 4.78 is 24.5. The van der Waals surface area contributed by atoms with E-state index < -0.39 is 21.0 Å². The van der Waals surface area contributed by atoms with Crippen molar-refractivity contribution in [3.63, 3.8) is 0 Å². The number of hydrogen-bond donors (Lipinski definition) is 1. The second-order valence-electron chi connectivity index (χ2n) is 4.79. The molecule has 1 amide bonds. The highest BCUT2D eigenvalue weighted by atomic mass is 32.2. The molecule has 0 unspecified atom stereocenters. The lowest BCUT2D eigenvalue weighted by atomic mass is 10.2. The minimum atomic E-state index is -3.54. The van der Waals surface area contributed by atoms with Crippen LogP contribution in [0.2, 0.25) is 0 Å². The van der Waals surface area contributed by atoms with Gasteiger partial charge >= 0.3 is 0 Å². The summed E-state index contributed by atoms with van der Waals surface area (Å²) in [5, 5.41) is 1.52. The van der Waals surface area contributed by atoms with Crippen LogP contribution in [0.1, 0.15) is 12.5 Å². The lowest BCUT2D eigenvalue weighted by Gasteiger charge is -2.13. The predicted octanol–water partition coefficient (Wildman–Crippen LogP) is 2.63. The number of anilines is 1. The molecule has 1 atom stereocenters. The molecule has 5 heteroatoms. The van der Waals surface area contributed by atoms with E-state index in [0.29, 0.717) is 11.3 Å². The topological polar surface area (TPSA) is 63.2 Å². The highest BCUT2D eigenvalue weighted by Gasteiger charge is 2.28. The minimum absolute atomic E-state index is 0.142. The lowest BCUT2D eigenvalue weighted by Crippen LogP contribution is -2.33. The van der Waals surface area contributed by atoms with Crippen molar-refractivity contribution in [2.75, 3.05) is 5.32 Å². The molecule has 1 N–H and O–H groups in total. The van der Waals surface area contributed by atoms with Crippen molar-refractivity contribution in [3.05, 3.63) is 66.2 Å².